The fraction of sp³-hybridized carbons (Fsp3) is 0.214. The van der Waals surface area contributed by atoms with Crippen LogP contribution in [0.3, 0.4) is 0 Å². The number of carbonyl (C=O) groups is 1. The average Bonchev–Trinajstić information content (AvgIpc) is 3.01. The Labute approximate surface area is 125 Å². The minimum atomic E-state index is -4.66. The van der Waals surface area contributed by atoms with Crippen molar-refractivity contribution in [1.29, 1.82) is 0 Å². The minimum Gasteiger partial charge on any atom is -0.467 e. The number of hydrogen-bond acceptors (Lipinski definition) is 4. The van der Waals surface area contributed by atoms with Crippen LogP contribution in [0.5, 0.6) is 0 Å². The van der Waals surface area contributed by atoms with E-state index >= 15 is 0 Å². The third-order valence-corrected chi connectivity index (χ3v) is 4.40. The van der Waals surface area contributed by atoms with Gasteiger partial charge in [-0.2, -0.15) is 8.78 Å². The first-order chi connectivity index (χ1) is 10.3. The van der Waals surface area contributed by atoms with E-state index in [1.807, 2.05) is 0 Å². The van der Waals surface area contributed by atoms with Gasteiger partial charge in [0.15, 0.2) is 0 Å². The standard InChI is InChI=1S/C14H13F2NO4S/c1-9(12-3-2-8-21-12)17-13(18)10-4-6-11(7-5-10)22(19,20)14(15)16/h2-9,14H,1H3,(H,17,18)/t9-/m0/s1. The quantitative estimate of drug-likeness (QED) is 0.915. The van der Waals surface area contributed by atoms with Crippen molar-refractivity contribution in [2.75, 3.05) is 0 Å². The molecule has 0 aliphatic rings. The van der Waals surface area contributed by atoms with Crippen molar-refractivity contribution in [2.24, 2.45) is 0 Å². The molecule has 1 amide bonds. The molecule has 0 bridgehead atoms. The van der Waals surface area contributed by atoms with Crippen LogP contribution < -0.4 is 5.32 Å². The molecule has 8 heteroatoms. The lowest BCUT2D eigenvalue weighted by Crippen LogP contribution is -2.26. The van der Waals surface area contributed by atoms with Gasteiger partial charge in [0.25, 0.3) is 5.91 Å². The largest absolute Gasteiger partial charge is 0.467 e. The SMILES string of the molecule is C[C@H](NC(=O)c1ccc(S(=O)(=O)C(F)F)cc1)c1ccco1. The van der Waals surface area contributed by atoms with E-state index in [-0.39, 0.29) is 11.6 Å². The van der Waals surface area contributed by atoms with E-state index in [1.54, 1.807) is 19.1 Å². The van der Waals surface area contributed by atoms with Gasteiger partial charge >= 0.3 is 5.76 Å². The van der Waals surface area contributed by atoms with Gasteiger partial charge in [0.05, 0.1) is 17.2 Å². The third kappa shape index (κ3) is 3.33. The molecule has 0 saturated heterocycles. The maximum atomic E-state index is 12.4. The Morgan fingerprint density at radius 1 is 1.18 bits per heavy atom. The fourth-order valence-corrected chi connectivity index (χ4v) is 2.51. The van der Waals surface area contributed by atoms with Gasteiger partial charge in [0, 0.05) is 5.56 Å². The second kappa shape index (κ2) is 6.27. The Morgan fingerprint density at radius 2 is 1.82 bits per heavy atom. The number of rotatable bonds is 5. The molecule has 0 radical (unpaired) electrons. The number of carbonyl (C=O) groups excluding carboxylic acids is 1. The van der Waals surface area contributed by atoms with E-state index in [9.17, 15) is 22.0 Å². The average molecular weight is 329 g/mol. The summed E-state index contributed by atoms with van der Waals surface area (Å²) in [6.45, 7) is 1.71. The zero-order valence-electron chi connectivity index (χ0n) is 11.5. The first-order valence-corrected chi connectivity index (χ1v) is 7.83. The molecule has 2 rings (SSSR count). The van der Waals surface area contributed by atoms with E-state index in [0.29, 0.717) is 5.76 Å². The number of halogens is 2. The monoisotopic (exact) mass is 329 g/mol. The molecule has 0 fully saturated rings. The summed E-state index contributed by atoms with van der Waals surface area (Å²) in [7, 11) is -4.66. The molecule has 118 valence electrons. The number of benzene rings is 1. The molecule has 1 aromatic carbocycles. The number of sulfone groups is 1. The van der Waals surface area contributed by atoms with E-state index in [0.717, 1.165) is 12.1 Å². The van der Waals surface area contributed by atoms with Gasteiger partial charge in [-0.15, -0.1) is 0 Å². The van der Waals surface area contributed by atoms with E-state index in [1.165, 1.54) is 18.4 Å². The third-order valence-electron chi connectivity index (χ3n) is 3.00. The summed E-state index contributed by atoms with van der Waals surface area (Å²) in [6, 6.07) is 7.32. The molecule has 22 heavy (non-hydrogen) atoms. The Morgan fingerprint density at radius 3 is 2.32 bits per heavy atom. The molecule has 0 spiro atoms. The topological polar surface area (TPSA) is 76.4 Å². The first-order valence-electron chi connectivity index (χ1n) is 6.28. The summed E-state index contributed by atoms with van der Waals surface area (Å²) < 4.78 is 52.5. The number of alkyl halides is 2. The van der Waals surface area contributed by atoms with Crippen LogP contribution in [-0.2, 0) is 9.84 Å². The van der Waals surface area contributed by atoms with Crippen LogP contribution >= 0.6 is 0 Å². The molecular weight excluding hydrogens is 316 g/mol. The Balaban J connectivity index is 2.12. The van der Waals surface area contributed by atoms with Crippen molar-refractivity contribution in [3.63, 3.8) is 0 Å². The van der Waals surface area contributed by atoms with Gasteiger partial charge in [0.1, 0.15) is 5.76 Å². The molecule has 5 nitrogen and oxygen atoms in total. The number of amides is 1. The molecule has 0 saturated carbocycles. The Kier molecular flexibility index (Phi) is 4.60. The van der Waals surface area contributed by atoms with Gasteiger partial charge in [-0.05, 0) is 43.3 Å². The summed E-state index contributed by atoms with van der Waals surface area (Å²) in [5, 5.41) is 2.65. The summed E-state index contributed by atoms with van der Waals surface area (Å²) in [4.78, 5) is 11.5. The Bertz CT molecular complexity index is 740. The van der Waals surface area contributed by atoms with Crippen molar-refractivity contribution >= 4 is 15.7 Å². The van der Waals surface area contributed by atoms with Gasteiger partial charge < -0.3 is 9.73 Å². The lowest BCUT2D eigenvalue weighted by molar-refractivity contribution is 0.0935. The fourth-order valence-electron chi connectivity index (χ4n) is 1.79. The van der Waals surface area contributed by atoms with E-state index in [4.69, 9.17) is 4.42 Å². The molecule has 0 aliphatic heterocycles. The van der Waals surface area contributed by atoms with Crippen molar-refractivity contribution in [3.8, 4) is 0 Å². The van der Waals surface area contributed by atoms with Crippen LogP contribution in [0.25, 0.3) is 0 Å². The molecule has 0 unspecified atom stereocenters. The number of nitrogens with one attached hydrogen (secondary N) is 1. The predicted molar refractivity (Wildman–Crippen MR) is 74.2 cm³/mol. The molecule has 0 aliphatic carbocycles. The molecule has 1 aromatic heterocycles. The first kappa shape index (κ1) is 16.2. The van der Waals surface area contributed by atoms with Crippen LogP contribution in [0.15, 0.2) is 52.0 Å². The van der Waals surface area contributed by atoms with Crippen molar-refractivity contribution < 1.29 is 26.4 Å². The molecule has 1 heterocycles. The molecule has 1 N–H and O–H groups in total. The molecular formula is C14H13F2NO4S. The smallest absolute Gasteiger partial charge is 0.341 e. The minimum absolute atomic E-state index is 0.159. The summed E-state index contributed by atoms with van der Waals surface area (Å²) in [6.07, 6.45) is 1.47. The van der Waals surface area contributed by atoms with E-state index < -0.39 is 26.4 Å². The Hall–Kier alpha value is -2.22. The van der Waals surface area contributed by atoms with Crippen LogP contribution in [0, 0.1) is 0 Å². The summed E-state index contributed by atoms with van der Waals surface area (Å²) in [5.41, 5.74) is 0.159. The van der Waals surface area contributed by atoms with Gasteiger partial charge in [0.2, 0.25) is 9.84 Å². The molecule has 2 aromatic rings. The predicted octanol–water partition coefficient (Wildman–Crippen LogP) is 2.77. The van der Waals surface area contributed by atoms with Crippen LogP contribution in [0.4, 0.5) is 8.78 Å². The zero-order valence-corrected chi connectivity index (χ0v) is 12.3. The van der Waals surface area contributed by atoms with Crippen molar-refractivity contribution in [3.05, 3.63) is 54.0 Å². The lowest BCUT2D eigenvalue weighted by atomic mass is 10.2. The zero-order chi connectivity index (χ0) is 16.3. The van der Waals surface area contributed by atoms with Gasteiger partial charge in [-0.25, -0.2) is 8.42 Å². The number of furan rings is 1. The van der Waals surface area contributed by atoms with Crippen LogP contribution in [0.2, 0.25) is 0 Å². The highest BCUT2D eigenvalue weighted by Crippen LogP contribution is 2.19. The van der Waals surface area contributed by atoms with E-state index in [2.05, 4.69) is 5.32 Å². The van der Waals surface area contributed by atoms with Crippen molar-refractivity contribution in [2.45, 2.75) is 23.6 Å². The highest BCUT2D eigenvalue weighted by atomic mass is 32.2. The second-order valence-corrected chi connectivity index (χ2v) is 6.46. The maximum Gasteiger partial charge on any atom is 0.341 e. The van der Waals surface area contributed by atoms with Crippen molar-refractivity contribution in [1.82, 2.24) is 5.32 Å². The van der Waals surface area contributed by atoms with Gasteiger partial charge in [-0.1, -0.05) is 0 Å². The van der Waals surface area contributed by atoms with Gasteiger partial charge in [-0.3, -0.25) is 4.79 Å². The summed E-state index contributed by atoms with van der Waals surface area (Å²) in [5.74, 6) is -3.40. The van der Waals surface area contributed by atoms with Crippen LogP contribution in [-0.4, -0.2) is 20.1 Å². The highest BCUT2D eigenvalue weighted by Gasteiger charge is 2.26. The lowest BCUT2D eigenvalue weighted by Gasteiger charge is -2.11. The second-order valence-electron chi connectivity index (χ2n) is 4.54. The normalized spacial score (nSPS) is 13.1. The van der Waals surface area contributed by atoms with Crippen LogP contribution in [0.1, 0.15) is 29.1 Å². The highest BCUT2D eigenvalue weighted by molar-refractivity contribution is 7.91. The molecule has 1 atom stereocenters. The summed E-state index contributed by atoms with van der Waals surface area (Å²) >= 11 is 0. The number of hydrogen-bond donors (Lipinski definition) is 1. The maximum absolute atomic E-state index is 12.4.